The number of nitrogens with one attached hydrogen (secondary N) is 1. The Morgan fingerprint density at radius 3 is 2.57 bits per heavy atom. The maximum Gasteiger partial charge on any atom is 0.224 e. The van der Waals surface area contributed by atoms with Crippen LogP contribution in [0.15, 0.2) is 24.3 Å². The van der Waals surface area contributed by atoms with Gasteiger partial charge >= 0.3 is 0 Å². The lowest BCUT2D eigenvalue weighted by atomic mass is 9.74. The van der Waals surface area contributed by atoms with Gasteiger partial charge in [0, 0.05) is 42.7 Å². The first-order chi connectivity index (χ1) is 10.1. The maximum atomic E-state index is 12.0. The van der Waals surface area contributed by atoms with Gasteiger partial charge in [0.25, 0.3) is 0 Å². The van der Waals surface area contributed by atoms with Crippen LogP contribution in [-0.2, 0) is 14.9 Å². The molecule has 5 heteroatoms. The highest BCUT2D eigenvalue weighted by Gasteiger charge is 2.35. The zero-order valence-electron chi connectivity index (χ0n) is 12.4. The van der Waals surface area contributed by atoms with E-state index in [0.29, 0.717) is 26.3 Å². The van der Waals surface area contributed by atoms with Crippen molar-refractivity contribution in [3.63, 3.8) is 0 Å². The summed E-state index contributed by atoms with van der Waals surface area (Å²) in [6, 6.07) is 7.90. The molecule has 0 aromatic heterocycles. The molecular weight excluding hydrogens is 288 g/mol. The van der Waals surface area contributed by atoms with Crippen LogP contribution >= 0.6 is 11.6 Å². The van der Waals surface area contributed by atoms with Gasteiger partial charge in [0.1, 0.15) is 0 Å². The van der Waals surface area contributed by atoms with E-state index >= 15 is 0 Å². The standard InChI is InChI=1S/C16H23ClN2O2/c1-12(10-18)15(20)19-11-16(6-8-21-9-7-16)13-2-4-14(17)5-3-13/h2-5,12H,6-11,18H2,1H3,(H,19,20). The predicted molar refractivity (Wildman–Crippen MR) is 84.4 cm³/mol. The van der Waals surface area contributed by atoms with E-state index in [9.17, 15) is 4.79 Å². The van der Waals surface area contributed by atoms with Crippen molar-refractivity contribution in [2.75, 3.05) is 26.3 Å². The smallest absolute Gasteiger partial charge is 0.224 e. The molecule has 1 heterocycles. The van der Waals surface area contributed by atoms with Gasteiger partial charge in [0.15, 0.2) is 0 Å². The van der Waals surface area contributed by atoms with Crippen molar-refractivity contribution < 1.29 is 9.53 Å². The van der Waals surface area contributed by atoms with Gasteiger partial charge in [-0.3, -0.25) is 4.79 Å². The molecule has 1 aliphatic rings. The summed E-state index contributed by atoms with van der Waals surface area (Å²) >= 11 is 5.98. The predicted octanol–water partition coefficient (Wildman–Crippen LogP) is 2.10. The van der Waals surface area contributed by atoms with Crippen molar-refractivity contribution in [1.82, 2.24) is 5.32 Å². The Morgan fingerprint density at radius 1 is 1.38 bits per heavy atom. The van der Waals surface area contributed by atoms with E-state index in [1.165, 1.54) is 5.56 Å². The largest absolute Gasteiger partial charge is 0.381 e. The highest BCUT2D eigenvalue weighted by atomic mass is 35.5. The Labute approximate surface area is 131 Å². The Morgan fingerprint density at radius 2 is 2.00 bits per heavy atom. The Kier molecular flexibility index (Phi) is 5.62. The average molecular weight is 311 g/mol. The number of hydrogen-bond donors (Lipinski definition) is 2. The number of halogens is 1. The first-order valence-corrected chi connectivity index (χ1v) is 7.77. The molecule has 1 aliphatic heterocycles. The third-order valence-electron chi connectivity index (χ3n) is 4.31. The second-order valence-corrected chi connectivity index (χ2v) is 6.19. The topological polar surface area (TPSA) is 64.4 Å². The first-order valence-electron chi connectivity index (χ1n) is 7.39. The van der Waals surface area contributed by atoms with Crippen LogP contribution in [0.5, 0.6) is 0 Å². The normalized spacial score (nSPS) is 19.0. The van der Waals surface area contributed by atoms with E-state index < -0.39 is 0 Å². The van der Waals surface area contributed by atoms with E-state index in [-0.39, 0.29) is 17.2 Å². The van der Waals surface area contributed by atoms with E-state index in [0.717, 1.165) is 17.9 Å². The van der Waals surface area contributed by atoms with Gasteiger partial charge in [-0.1, -0.05) is 30.7 Å². The molecule has 0 saturated carbocycles. The van der Waals surface area contributed by atoms with Crippen molar-refractivity contribution in [3.05, 3.63) is 34.9 Å². The van der Waals surface area contributed by atoms with Crippen molar-refractivity contribution in [2.45, 2.75) is 25.2 Å². The third kappa shape index (κ3) is 3.96. The molecule has 0 aliphatic carbocycles. The molecular formula is C16H23ClN2O2. The van der Waals surface area contributed by atoms with Crippen LogP contribution in [0.3, 0.4) is 0 Å². The molecule has 1 aromatic rings. The molecule has 0 radical (unpaired) electrons. The monoisotopic (exact) mass is 310 g/mol. The lowest BCUT2D eigenvalue weighted by molar-refractivity contribution is -0.124. The molecule has 1 fully saturated rings. The van der Waals surface area contributed by atoms with Crippen LogP contribution in [0.1, 0.15) is 25.3 Å². The van der Waals surface area contributed by atoms with E-state index in [1.807, 2.05) is 31.2 Å². The summed E-state index contributed by atoms with van der Waals surface area (Å²) in [4.78, 5) is 12.0. The molecule has 116 valence electrons. The van der Waals surface area contributed by atoms with Gasteiger partial charge < -0.3 is 15.8 Å². The maximum absolute atomic E-state index is 12.0. The second-order valence-electron chi connectivity index (χ2n) is 5.75. The van der Waals surface area contributed by atoms with Gasteiger partial charge in [0.2, 0.25) is 5.91 Å². The minimum Gasteiger partial charge on any atom is -0.381 e. The zero-order valence-corrected chi connectivity index (χ0v) is 13.2. The first kappa shape index (κ1) is 16.3. The molecule has 3 N–H and O–H groups in total. The molecule has 2 rings (SSSR count). The van der Waals surface area contributed by atoms with Crippen molar-refractivity contribution in [3.8, 4) is 0 Å². The van der Waals surface area contributed by atoms with Crippen LogP contribution in [0, 0.1) is 5.92 Å². The van der Waals surface area contributed by atoms with Gasteiger partial charge in [-0.05, 0) is 30.5 Å². The van der Waals surface area contributed by atoms with Crippen LogP contribution < -0.4 is 11.1 Å². The Hall–Kier alpha value is -1.10. The lowest BCUT2D eigenvalue weighted by Crippen LogP contribution is -2.46. The summed E-state index contributed by atoms with van der Waals surface area (Å²) in [5, 5.41) is 3.77. The van der Waals surface area contributed by atoms with Gasteiger partial charge in [-0.15, -0.1) is 0 Å². The molecule has 1 unspecified atom stereocenters. The van der Waals surface area contributed by atoms with E-state index in [1.54, 1.807) is 0 Å². The number of benzene rings is 1. The molecule has 1 amide bonds. The summed E-state index contributed by atoms with van der Waals surface area (Å²) in [7, 11) is 0. The molecule has 1 aromatic carbocycles. The number of carbonyl (C=O) groups is 1. The summed E-state index contributed by atoms with van der Waals surface area (Å²) < 4.78 is 5.49. The second kappa shape index (κ2) is 7.25. The summed E-state index contributed by atoms with van der Waals surface area (Å²) in [5.41, 5.74) is 6.67. The number of hydrogen-bond acceptors (Lipinski definition) is 3. The molecule has 0 spiro atoms. The van der Waals surface area contributed by atoms with E-state index in [4.69, 9.17) is 22.1 Å². The van der Waals surface area contributed by atoms with Crippen molar-refractivity contribution >= 4 is 17.5 Å². The molecule has 1 atom stereocenters. The number of rotatable bonds is 5. The molecule has 4 nitrogen and oxygen atoms in total. The number of amides is 1. The molecule has 0 bridgehead atoms. The fourth-order valence-corrected chi connectivity index (χ4v) is 2.80. The van der Waals surface area contributed by atoms with Crippen LogP contribution in [0.25, 0.3) is 0 Å². The fourth-order valence-electron chi connectivity index (χ4n) is 2.67. The van der Waals surface area contributed by atoms with Gasteiger partial charge in [-0.25, -0.2) is 0 Å². The lowest BCUT2D eigenvalue weighted by Gasteiger charge is -2.38. The van der Waals surface area contributed by atoms with Crippen LogP contribution in [0.4, 0.5) is 0 Å². The Balaban J connectivity index is 2.13. The van der Waals surface area contributed by atoms with Crippen molar-refractivity contribution in [1.29, 1.82) is 0 Å². The average Bonchev–Trinajstić information content (AvgIpc) is 2.53. The molecule has 21 heavy (non-hydrogen) atoms. The zero-order chi connectivity index (χ0) is 15.3. The summed E-state index contributed by atoms with van der Waals surface area (Å²) in [6.45, 7) is 4.24. The highest BCUT2D eigenvalue weighted by Crippen LogP contribution is 2.34. The minimum atomic E-state index is -0.160. The fraction of sp³-hybridized carbons (Fsp3) is 0.562. The van der Waals surface area contributed by atoms with Crippen molar-refractivity contribution in [2.24, 2.45) is 11.7 Å². The quantitative estimate of drug-likeness (QED) is 0.875. The number of ether oxygens (including phenoxy) is 1. The highest BCUT2D eigenvalue weighted by molar-refractivity contribution is 6.30. The Bertz CT molecular complexity index is 470. The third-order valence-corrected chi connectivity index (χ3v) is 4.56. The van der Waals surface area contributed by atoms with Crippen LogP contribution in [-0.4, -0.2) is 32.2 Å². The van der Waals surface area contributed by atoms with Crippen LogP contribution in [0.2, 0.25) is 5.02 Å². The SMILES string of the molecule is CC(CN)C(=O)NCC1(c2ccc(Cl)cc2)CCOCC1. The minimum absolute atomic E-state index is 0.0114. The van der Waals surface area contributed by atoms with Gasteiger partial charge in [-0.2, -0.15) is 0 Å². The summed E-state index contributed by atoms with van der Waals surface area (Å²) in [5.74, 6) is -0.149. The van der Waals surface area contributed by atoms with Gasteiger partial charge in [0.05, 0.1) is 0 Å². The van der Waals surface area contributed by atoms with E-state index in [2.05, 4.69) is 5.32 Å². The number of carbonyl (C=O) groups excluding carboxylic acids is 1. The summed E-state index contributed by atoms with van der Waals surface area (Å²) in [6.07, 6.45) is 1.79. The molecule has 1 saturated heterocycles. The number of nitrogens with two attached hydrogens (primary N) is 1.